The lowest BCUT2D eigenvalue weighted by molar-refractivity contribution is -0.119. The van der Waals surface area contributed by atoms with Crippen molar-refractivity contribution in [2.24, 2.45) is 0 Å². The molecule has 2 aromatic heterocycles. The van der Waals surface area contributed by atoms with Crippen molar-refractivity contribution in [3.63, 3.8) is 0 Å². The third-order valence-corrected chi connectivity index (χ3v) is 7.17. The zero-order chi connectivity index (χ0) is 25.9. The van der Waals surface area contributed by atoms with E-state index in [1.54, 1.807) is 18.3 Å². The summed E-state index contributed by atoms with van der Waals surface area (Å²) in [4.78, 5) is 18.7. The molecule has 7 nitrogen and oxygen atoms in total. The van der Waals surface area contributed by atoms with Crippen LogP contribution in [0, 0.1) is 0 Å². The first-order valence-electron chi connectivity index (χ1n) is 11.5. The molecule has 1 amide bonds. The van der Waals surface area contributed by atoms with Crippen molar-refractivity contribution in [2.75, 3.05) is 23.9 Å². The van der Waals surface area contributed by atoms with Gasteiger partial charge in [-0.2, -0.15) is 0 Å². The Morgan fingerprint density at radius 1 is 1.14 bits per heavy atom. The summed E-state index contributed by atoms with van der Waals surface area (Å²) in [6.07, 6.45) is 3.81. The van der Waals surface area contributed by atoms with E-state index < -0.39 is 0 Å². The van der Waals surface area contributed by atoms with Gasteiger partial charge < -0.3 is 24.8 Å². The largest absolute Gasteiger partial charge is 0.375 e. The van der Waals surface area contributed by atoms with E-state index in [4.69, 9.17) is 28.6 Å². The molecular formula is C27H23BrClN5O2S. The van der Waals surface area contributed by atoms with Crippen molar-refractivity contribution >= 4 is 62.1 Å². The van der Waals surface area contributed by atoms with Crippen molar-refractivity contribution in [3.05, 3.63) is 106 Å². The van der Waals surface area contributed by atoms with Crippen LogP contribution in [0.3, 0.4) is 0 Å². The number of anilines is 2. The van der Waals surface area contributed by atoms with E-state index in [9.17, 15) is 4.79 Å². The Morgan fingerprint density at radius 3 is 2.73 bits per heavy atom. The number of pyridine rings is 1. The molecule has 1 aliphatic heterocycles. The van der Waals surface area contributed by atoms with Gasteiger partial charge in [0.1, 0.15) is 12.6 Å². The number of rotatable bonds is 7. The normalized spacial score (nSPS) is 17.1. The highest BCUT2D eigenvalue weighted by Gasteiger charge is 2.42. The molecule has 0 aliphatic carbocycles. The topological polar surface area (TPSA) is 71.4 Å². The van der Waals surface area contributed by atoms with Crippen molar-refractivity contribution in [1.29, 1.82) is 0 Å². The van der Waals surface area contributed by atoms with Gasteiger partial charge in [0.05, 0.1) is 22.4 Å². The molecule has 2 N–H and O–H groups in total. The maximum Gasteiger partial charge on any atom is 0.250 e. The average molecular weight is 597 g/mol. The number of carbonyl (C=O) groups excluding carboxylic acids is 1. The average Bonchev–Trinajstić information content (AvgIpc) is 3.50. The maximum atomic E-state index is 12.0. The lowest BCUT2D eigenvalue weighted by Gasteiger charge is -2.29. The molecule has 0 bridgehead atoms. The van der Waals surface area contributed by atoms with Crippen LogP contribution in [0.25, 0.3) is 5.69 Å². The number of hydrogen-bond acceptors (Lipinski definition) is 4. The maximum absolute atomic E-state index is 12.0. The van der Waals surface area contributed by atoms with Crippen LogP contribution in [0.15, 0.2) is 89.7 Å². The zero-order valence-electron chi connectivity index (χ0n) is 19.8. The zero-order valence-corrected chi connectivity index (χ0v) is 22.9. The lowest BCUT2D eigenvalue weighted by atomic mass is 10.0. The summed E-state index contributed by atoms with van der Waals surface area (Å²) in [6, 6.07) is 23.1. The Labute approximate surface area is 233 Å². The highest BCUT2D eigenvalue weighted by molar-refractivity contribution is 9.10. The molecule has 0 saturated carbocycles. The highest BCUT2D eigenvalue weighted by atomic mass is 79.9. The number of benzene rings is 2. The molecule has 0 spiro atoms. The number of nitrogens with one attached hydrogen (secondary N) is 2. The second-order valence-electron chi connectivity index (χ2n) is 8.42. The predicted molar refractivity (Wildman–Crippen MR) is 153 cm³/mol. The number of carbonyl (C=O) groups is 1. The number of amides is 1. The van der Waals surface area contributed by atoms with Gasteiger partial charge in [0.2, 0.25) is 5.91 Å². The number of methoxy groups -OCH3 is 1. The quantitative estimate of drug-likeness (QED) is 0.253. The molecule has 1 fully saturated rings. The minimum Gasteiger partial charge on any atom is -0.375 e. The number of ether oxygens (including phenoxy) is 1. The van der Waals surface area contributed by atoms with Gasteiger partial charge in [0, 0.05) is 41.0 Å². The van der Waals surface area contributed by atoms with Crippen LogP contribution in [0.4, 0.5) is 11.4 Å². The van der Waals surface area contributed by atoms with Gasteiger partial charge in [0.25, 0.3) is 0 Å². The summed E-state index contributed by atoms with van der Waals surface area (Å²) >= 11 is 16.0. The van der Waals surface area contributed by atoms with Gasteiger partial charge in [-0.15, -0.1) is 0 Å². The second-order valence-corrected chi connectivity index (χ2v) is 10.1. The molecule has 188 valence electrons. The van der Waals surface area contributed by atoms with Gasteiger partial charge in [-0.3, -0.25) is 9.78 Å². The van der Waals surface area contributed by atoms with Gasteiger partial charge >= 0.3 is 0 Å². The lowest BCUT2D eigenvalue weighted by Crippen LogP contribution is -2.30. The summed E-state index contributed by atoms with van der Waals surface area (Å²) in [6.45, 7) is -0.0569. The van der Waals surface area contributed by atoms with Crippen molar-refractivity contribution in [3.8, 4) is 5.69 Å². The van der Waals surface area contributed by atoms with E-state index in [2.05, 4.69) is 54.3 Å². The first-order chi connectivity index (χ1) is 18.0. The van der Waals surface area contributed by atoms with E-state index >= 15 is 0 Å². The fraction of sp³-hybridized carbons (Fsp3) is 0.148. The van der Waals surface area contributed by atoms with Crippen molar-refractivity contribution in [1.82, 2.24) is 14.9 Å². The van der Waals surface area contributed by atoms with Gasteiger partial charge in [0.15, 0.2) is 5.11 Å². The van der Waals surface area contributed by atoms with E-state index in [0.29, 0.717) is 15.8 Å². The Bertz CT molecular complexity index is 1450. The molecule has 37 heavy (non-hydrogen) atoms. The standard InChI is InChI=1S/C27H23BrClN5O2S/c1-36-16-24(35)31-21-11-10-19(15-20(21)29)34-26(25(32-27(34)37)22-8-2-3-12-30-22)23-9-5-13-33(23)18-7-4-6-17(28)14-18/h2-15,25-26H,16H2,1H3,(H,31,35)(H,32,37)/t25-,26-/m0/s1. The number of halogens is 2. The molecule has 3 heterocycles. The van der Waals surface area contributed by atoms with E-state index in [-0.39, 0.29) is 24.6 Å². The summed E-state index contributed by atoms with van der Waals surface area (Å²) in [7, 11) is 1.47. The predicted octanol–water partition coefficient (Wildman–Crippen LogP) is 6.05. The number of thiocarbonyl (C=S) groups is 1. The van der Waals surface area contributed by atoms with Crippen LogP contribution in [-0.4, -0.2) is 34.3 Å². The van der Waals surface area contributed by atoms with Crippen molar-refractivity contribution < 1.29 is 9.53 Å². The van der Waals surface area contributed by atoms with E-state index in [1.807, 2.05) is 53.6 Å². The molecule has 1 aliphatic rings. The van der Waals surface area contributed by atoms with Gasteiger partial charge in [-0.25, -0.2) is 0 Å². The Balaban J connectivity index is 1.59. The minimum atomic E-state index is -0.282. The molecular weight excluding hydrogens is 574 g/mol. The Kier molecular flexibility index (Phi) is 7.57. The first-order valence-corrected chi connectivity index (χ1v) is 13.1. The van der Waals surface area contributed by atoms with E-state index in [1.165, 1.54) is 7.11 Å². The first kappa shape index (κ1) is 25.4. The monoisotopic (exact) mass is 595 g/mol. The molecule has 1 saturated heterocycles. The third-order valence-electron chi connectivity index (χ3n) is 6.05. The van der Waals surface area contributed by atoms with Crippen LogP contribution < -0.4 is 15.5 Å². The summed E-state index contributed by atoms with van der Waals surface area (Å²) < 4.78 is 8.03. The summed E-state index contributed by atoms with van der Waals surface area (Å²) in [5.41, 5.74) is 4.20. The molecule has 10 heteroatoms. The van der Waals surface area contributed by atoms with Crippen LogP contribution in [0.1, 0.15) is 23.5 Å². The van der Waals surface area contributed by atoms with Crippen LogP contribution in [-0.2, 0) is 9.53 Å². The molecule has 2 aromatic carbocycles. The molecule has 4 aromatic rings. The fourth-order valence-electron chi connectivity index (χ4n) is 4.50. The minimum absolute atomic E-state index is 0.0569. The van der Waals surface area contributed by atoms with Crippen LogP contribution in [0.5, 0.6) is 0 Å². The Morgan fingerprint density at radius 2 is 2.00 bits per heavy atom. The SMILES string of the molecule is COCC(=O)Nc1ccc(N2C(=S)N[C@@H](c3ccccn3)[C@@H]2c2cccn2-c2cccc(Br)c2)cc1Cl. The third kappa shape index (κ3) is 5.26. The number of aromatic nitrogens is 2. The molecule has 2 atom stereocenters. The molecule has 5 rings (SSSR count). The molecule has 0 radical (unpaired) electrons. The number of hydrogen-bond donors (Lipinski definition) is 2. The highest BCUT2D eigenvalue weighted by Crippen LogP contribution is 2.43. The molecule has 0 unspecified atom stereocenters. The fourth-order valence-corrected chi connectivity index (χ4v) is 5.46. The van der Waals surface area contributed by atoms with Crippen LogP contribution >= 0.6 is 39.7 Å². The van der Waals surface area contributed by atoms with Crippen LogP contribution in [0.2, 0.25) is 5.02 Å². The van der Waals surface area contributed by atoms with Crippen molar-refractivity contribution in [2.45, 2.75) is 12.1 Å². The Hall–Kier alpha value is -3.24. The summed E-state index contributed by atoms with van der Waals surface area (Å²) in [5, 5.41) is 7.19. The summed E-state index contributed by atoms with van der Waals surface area (Å²) in [5.74, 6) is -0.282. The smallest absolute Gasteiger partial charge is 0.250 e. The van der Waals surface area contributed by atoms with Gasteiger partial charge in [-0.05, 0) is 72.9 Å². The number of nitrogens with zero attached hydrogens (tertiary/aromatic N) is 3. The second kappa shape index (κ2) is 11.0. The van der Waals surface area contributed by atoms with E-state index in [0.717, 1.165) is 27.2 Å². The van der Waals surface area contributed by atoms with Gasteiger partial charge in [-0.1, -0.05) is 39.7 Å².